The van der Waals surface area contributed by atoms with Crippen molar-refractivity contribution in [1.82, 2.24) is 4.72 Å². The highest BCUT2D eigenvalue weighted by molar-refractivity contribution is 7.89. The Kier molecular flexibility index (Phi) is 6.77. The number of aryl methyl sites for hydroxylation is 1. The fraction of sp³-hybridized carbons (Fsp3) is 0.136. The van der Waals surface area contributed by atoms with E-state index in [1.54, 1.807) is 37.3 Å². The molecule has 0 heterocycles. The zero-order valence-corrected chi connectivity index (χ0v) is 18.0. The summed E-state index contributed by atoms with van der Waals surface area (Å²) in [6.07, 6.45) is 0. The molecule has 1 amide bonds. The molecule has 3 aromatic rings. The van der Waals surface area contributed by atoms with Crippen molar-refractivity contribution in [2.75, 3.05) is 12.4 Å². The summed E-state index contributed by atoms with van der Waals surface area (Å²) in [6, 6.07) is 18.6. The zero-order chi connectivity index (χ0) is 21.7. The molecule has 0 fully saturated rings. The molecule has 0 aliphatic carbocycles. The maximum Gasteiger partial charge on any atom is 0.255 e. The number of halogens is 1. The van der Waals surface area contributed by atoms with Crippen molar-refractivity contribution in [3.8, 4) is 5.75 Å². The van der Waals surface area contributed by atoms with E-state index < -0.39 is 15.9 Å². The number of sulfonamides is 1. The van der Waals surface area contributed by atoms with Gasteiger partial charge >= 0.3 is 0 Å². The van der Waals surface area contributed by atoms with E-state index in [2.05, 4.69) is 10.0 Å². The van der Waals surface area contributed by atoms with Gasteiger partial charge in [-0.05, 0) is 48.4 Å². The van der Waals surface area contributed by atoms with E-state index in [1.165, 1.54) is 13.2 Å². The van der Waals surface area contributed by atoms with Gasteiger partial charge in [0.25, 0.3) is 5.91 Å². The number of rotatable bonds is 7. The Hall–Kier alpha value is -2.87. The van der Waals surface area contributed by atoms with E-state index in [9.17, 15) is 13.2 Å². The first kappa shape index (κ1) is 21.8. The Morgan fingerprint density at radius 3 is 2.47 bits per heavy atom. The molecule has 0 aromatic heterocycles. The van der Waals surface area contributed by atoms with Crippen LogP contribution in [0, 0.1) is 6.92 Å². The number of benzene rings is 3. The predicted octanol–water partition coefficient (Wildman–Crippen LogP) is 4.39. The third-order valence-corrected chi connectivity index (χ3v) is 6.24. The second-order valence-corrected chi connectivity index (χ2v) is 8.76. The van der Waals surface area contributed by atoms with E-state index in [0.717, 1.165) is 5.56 Å². The van der Waals surface area contributed by atoms with Crippen LogP contribution in [0.2, 0.25) is 5.02 Å². The molecule has 0 unspecified atom stereocenters. The second kappa shape index (κ2) is 9.30. The van der Waals surface area contributed by atoms with E-state index >= 15 is 0 Å². The first-order valence-corrected chi connectivity index (χ1v) is 11.0. The summed E-state index contributed by atoms with van der Waals surface area (Å²) in [4.78, 5) is 12.8. The lowest BCUT2D eigenvalue weighted by molar-refractivity contribution is 0.102. The normalized spacial score (nSPS) is 11.2. The Morgan fingerprint density at radius 1 is 1.03 bits per heavy atom. The van der Waals surface area contributed by atoms with Crippen molar-refractivity contribution in [3.05, 3.63) is 88.4 Å². The van der Waals surface area contributed by atoms with Crippen molar-refractivity contribution < 1.29 is 17.9 Å². The molecule has 3 aromatic carbocycles. The van der Waals surface area contributed by atoms with Crippen LogP contribution in [0.1, 0.15) is 21.5 Å². The number of nitrogens with one attached hydrogen (secondary N) is 2. The largest absolute Gasteiger partial charge is 0.495 e. The number of anilines is 1. The van der Waals surface area contributed by atoms with Crippen LogP contribution in [-0.4, -0.2) is 21.4 Å². The minimum Gasteiger partial charge on any atom is -0.495 e. The zero-order valence-electron chi connectivity index (χ0n) is 16.5. The Balaban J connectivity index is 1.84. The van der Waals surface area contributed by atoms with Gasteiger partial charge in [-0.1, -0.05) is 48.0 Å². The molecule has 0 radical (unpaired) electrons. The summed E-state index contributed by atoms with van der Waals surface area (Å²) in [5, 5.41) is 3.14. The van der Waals surface area contributed by atoms with Crippen LogP contribution in [-0.2, 0) is 16.6 Å². The van der Waals surface area contributed by atoms with Gasteiger partial charge < -0.3 is 10.1 Å². The van der Waals surface area contributed by atoms with Crippen LogP contribution in [0.25, 0.3) is 0 Å². The van der Waals surface area contributed by atoms with Crippen molar-refractivity contribution in [1.29, 1.82) is 0 Å². The lowest BCUT2D eigenvalue weighted by Crippen LogP contribution is -2.24. The summed E-state index contributed by atoms with van der Waals surface area (Å²) in [7, 11) is -2.33. The van der Waals surface area contributed by atoms with Gasteiger partial charge in [0, 0.05) is 17.1 Å². The van der Waals surface area contributed by atoms with Crippen LogP contribution in [0.4, 0.5) is 5.69 Å². The van der Waals surface area contributed by atoms with Crippen LogP contribution >= 0.6 is 11.6 Å². The highest BCUT2D eigenvalue weighted by Gasteiger charge is 2.19. The molecular formula is C22H21ClN2O4S. The predicted molar refractivity (Wildman–Crippen MR) is 118 cm³/mol. The molecule has 0 atom stereocenters. The van der Waals surface area contributed by atoms with Crippen LogP contribution in [0.15, 0.2) is 71.6 Å². The number of methoxy groups -OCH3 is 1. The molecule has 0 saturated heterocycles. The monoisotopic (exact) mass is 444 g/mol. The van der Waals surface area contributed by atoms with Gasteiger partial charge in [-0.2, -0.15) is 0 Å². The van der Waals surface area contributed by atoms with Crippen LogP contribution < -0.4 is 14.8 Å². The SMILES string of the molecule is COc1ccc(Cl)cc1NC(=O)c1ccc(C)c(S(=O)(=O)NCc2ccccc2)c1. The van der Waals surface area contributed by atoms with Gasteiger partial charge in [0.2, 0.25) is 10.0 Å². The lowest BCUT2D eigenvalue weighted by atomic mass is 10.1. The molecule has 6 nitrogen and oxygen atoms in total. The van der Waals surface area contributed by atoms with Crippen LogP contribution in [0.3, 0.4) is 0 Å². The summed E-state index contributed by atoms with van der Waals surface area (Å²) in [5.41, 5.74) is 1.96. The molecule has 0 saturated carbocycles. The standard InChI is InChI=1S/C22H21ClN2O4S/c1-15-8-9-17(22(26)25-19-13-18(23)10-11-20(19)29-2)12-21(15)30(27,28)24-14-16-6-4-3-5-7-16/h3-13,24H,14H2,1-2H3,(H,25,26). The minimum absolute atomic E-state index is 0.0455. The van der Waals surface area contributed by atoms with E-state index in [4.69, 9.17) is 16.3 Å². The molecule has 156 valence electrons. The Labute approximate surface area is 180 Å². The first-order valence-electron chi connectivity index (χ1n) is 9.09. The Bertz CT molecular complexity index is 1170. The molecule has 0 aliphatic heterocycles. The van der Waals surface area contributed by atoms with E-state index in [-0.39, 0.29) is 17.0 Å². The average molecular weight is 445 g/mol. The van der Waals surface area contributed by atoms with Gasteiger partial charge in [-0.15, -0.1) is 0 Å². The molecule has 8 heteroatoms. The summed E-state index contributed by atoms with van der Waals surface area (Å²) >= 11 is 6.00. The van der Waals surface area contributed by atoms with Gasteiger partial charge in [-0.25, -0.2) is 13.1 Å². The van der Waals surface area contributed by atoms with Gasteiger partial charge in [-0.3, -0.25) is 4.79 Å². The summed E-state index contributed by atoms with van der Waals surface area (Å²) in [5.74, 6) is -0.0349. The number of carbonyl (C=O) groups is 1. The fourth-order valence-corrected chi connectivity index (χ4v) is 4.31. The molecule has 0 bridgehead atoms. The van der Waals surface area contributed by atoms with Gasteiger partial charge in [0.05, 0.1) is 17.7 Å². The van der Waals surface area contributed by atoms with Crippen molar-refractivity contribution in [3.63, 3.8) is 0 Å². The quantitative estimate of drug-likeness (QED) is 0.566. The fourth-order valence-electron chi connectivity index (χ4n) is 2.86. The van der Waals surface area contributed by atoms with Crippen molar-refractivity contribution in [2.45, 2.75) is 18.4 Å². The number of amides is 1. The average Bonchev–Trinajstić information content (AvgIpc) is 2.73. The second-order valence-electron chi connectivity index (χ2n) is 6.59. The highest BCUT2D eigenvalue weighted by Crippen LogP contribution is 2.28. The third kappa shape index (κ3) is 5.18. The number of hydrogen-bond donors (Lipinski definition) is 2. The van der Waals surface area contributed by atoms with Crippen molar-refractivity contribution in [2.24, 2.45) is 0 Å². The van der Waals surface area contributed by atoms with E-state index in [1.807, 2.05) is 30.3 Å². The maximum atomic E-state index is 12.8. The number of hydrogen-bond acceptors (Lipinski definition) is 4. The minimum atomic E-state index is -3.81. The third-order valence-electron chi connectivity index (χ3n) is 4.46. The number of ether oxygens (including phenoxy) is 1. The van der Waals surface area contributed by atoms with E-state index in [0.29, 0.717) is 22.0 Å². The number of carbonyl (C=O) groups excluding carboxylic acids is 1. The molecule has 0 aliphatic rings. The van der Waals surface area contributed by atoms with Gasteiger partial charge in [0.1, 0.15) is 5.75 Å². The smallest absolute Gasteiger partial charge is 0.255 e. The lowest BCUT2D eigenvalue weighted by Gasteiger charge is -2.13. The van der Waals surface area contributed by atoms with Crippen molar-refractivity contribution >= 4 is 33.2 Å². The first-order chi connectivity index (χ1) is 14.3. The summed E-state index contributed by atoms with van der Waals surface area (Å²) < 4.78 is 33.5. The highest BCUT2D eigenvalue weighted by atomic mass is 35.5. The summed E-state index contributed by atoms with van der Waals surface area (Å²) in [6.45, 7) is 1.83. The maximum absolute atomic E-state index is 12.8. The Morgan fingerprint density at radius 2 is 1.77 bits per heavy atom. The molecule has 2 N–H and O–H groups in total. The molecule has 0 spiro atoms. The van der Waals surface area contributed by atoms with Crippen LogP contribution in [0.5, 0.6) is 5.75 Å². The molecular weight excluding hydrogens is 424 g/mol. The van der Waals surface area contributed by atoms with Gasteiger partial charge in [0.15, 0.2) is 0 Å². The molecule has 3 rings (SSSR count). The topological polar surface area (TPSA) is 84.5 Å². The molecule has 30 heavy (non-hydrogen) atoms.